The third kappa shape index (κ3) is 1.14. The van der Waals surface area contributed by atoms with Gasteiger partial charge in [0.2, 0.25) is 0 Å². The Bertz CT molecular complexity index is 470. The summed E-state index contributed by atoms with van der Waals surface area (Å²) in [4.78, 5) is 8.25. The number of nitrogens with one attached hydrogen (secondary N) is 1. The van der Waals surface area contributed by atoms with Gasteiger partial charge in [0.25, 0.3) is 0 Å². The van der Waals surface area contributed by atoms with Crippen LogP contribution in [0.2, 0.25) is 0 Å². The number of amidine groups is 1. The zero-order valence-electron chi connectivity index (χ0n) is 7.15. The van der Waals surface area contributed by atoms with E-state index in [9.17, 15) is 0 Å². The molecule has 0 bridgehead atoms. The van der Waals surface area contributed by atoms with Crippen LogP contribution in [0.5, 0.6) is 0 Å². The third-order valence-electron chi connectivity index (χ3n) is 1.82. The average Bonchev–Trinajstić information content (AvgIpc) is 2.51. The van der Waals surface area contributed by atoms with Gasteiger partial charge in [-0.3, -0.25) is 5.41 Å². The van der Waals surface area contributed by atoms with Gasteiger partial charge in [-0.05, 0) is 6.92 Å². The Morgan fingerprint density at radius 3 is 3.08 bits per heavy atom. The molecule has 5 nitrogen and oxygen atoms in total. The minimum atomic E-state index is -0.0290. The lowest BCUT2D eigenvalue weighted by Crippen LogP contribution is -2.14. The van der Waals surface area contributed by atoms with Gasteiger partial charge in [0, 0.05) is 18.6 Å². The summed E-state index contributed by atoms with van der Waals surface area (Å²) in [5.74, 6) is -0.0290. The minimum Gasteiger partial charge on any atom is -0.382 e. The molecule has 0 atom stereocenters. The average molecular weight is 175 g/mol. The van der Waals surface area contributed by atoms with E-state index in [2.05, 4.69) is 9.97 Å². The molecule has 13 heavy (non-hydrogen) atoms. The van der Waals surface area contributed by atoms with Crippen LogP contribution in [-0.2, 0) is 0 Å². The highest BCUT2D eigenvalue weighted by atomic mass is 15.0. The molecule has 3 N–H and O–H groups in total. The normalized spacial score (nSPS) is 10.5. The van der Waals surface area contributed by atoms with Gasteiger partial charge in [-0.1, -0.05) is 0 Å². The summed E-state index contributed by atoms with van der Waals surface area (Å²) >= 11 is 0. The Kier molecular flexibility index (Phi) is 1.51. The Morgan fingerprint density at radius 1 is 1.62 bits per heavy atom. The fraction of sp³-hybridized carbons (Fsp3) is 0.125. The zero-order valence-corrected chi connectivity index (χ0v) is 7.15. The molecule has 0 aromatic carbocycles. The zero-order chi connectivity index (χ0) is 9.42. The molecular formula is C8H9N5. The first-order valence-corrected chi connectivity index (χ1v) is 3.83. The van der Waals surface area contributed by atoms with Gasteiger partial charge in [0.15, 0.2) is 5.65 Å². The molecule has 0 saturated heterocycles. The first-order valence-electron chi connectivity index (χ1n) is 3.83. The van der Waals surface area contributed by atoms with Gasteiger partial charge in [0.05, 0.1) is 5.69 Å². The summed E-state index contributed by atoms with van der Waals surface area (Å²) in [6.07, 6.45) is 5.18. The summed E-state index contributed by atoms with van der Waals surface area (Å²) < 4.78 is 1.80. The summed E-state index contributed by atoms with van der Waals surface area (Å²) in [6, 6.07) is 0. The molecule has 66 valence electrons. The van der Waals surface area contributed by atoms with Crippen molar-refractivity contribution in [2.45, 2.75) is 6.92 Å². The maximum absolute atomic E-state index is 7.24. The van der Waals surface area contributed by atoms with E-state index in [-0.39, 0.29) is 5.84 Å². The number of nitrogens with zero attached hydrogens (tertiary/aromatic N) is 3. The molecule has 2 rings (SSSR count). The predicted octanol–water partition coefficient (Wildman–Crippen LogP) is 0.322. The van der Waals surface area contributed by atoms with Crippen LogP contribution in [0, 0.1) is 12.3 Å². The van der Waals surface area contributed by atoms with Crippen molar-refractivity contribution in [1.29, 1.82) is 5.41 Å². The molecule has 0 amide bonds. The Labute approximate surface area is 74.7 Å². The molecular weight excluding hydrogens is 166 g/mol. The van der Waals surface area contributed by atoms with Crippen LogP contribution in [-0.4, -0.2) is 20.2 Å². The van der Waals surface area contributed by atoms with E-state index in [1.807, 2.05) is 6.92 Å². The molecule has 2 aromatic heterocycles. The van der Waals surface area contributed by atoms with Crippen LogP contribution >= 0.6 is 0 Å². The van der Waals surface area contributed by atoms with Gasteiger partial charge in [0.1, 0.15) is 11.5 Å². The van der Waals surface area contributed by atoms with Crippen molar-refractivity contribution in [3.8, 4) is 0 Å². The molecule has 0 fully saturated rings. The molecule has 0 aliphatic heterocycles. The van der Waals surface area contributed by atoms with Crippen LogP contribution < -0.4 is 5.73 Å². The summed E-state index contributed by atoms with van der Waals surface area (Å²) in [7, 11) is 0. The lowest BCUT2D eigenvalue weighted by atomic mass is 10.4. The van der Waals surface area contributed by atoms with Crippen molar-refractivity contribution in [2.24, 2.45) is 5.73 Å². The molecule has 2 aromatic rings. The minimum absolute atomic E-state index is 0.0290. The first kappa shape index (κ1) is 7.72. The van der Waals surface area contributed by atoms with Crippen LogP contribution in [0.25, 0.3) is 5.65 Å². The van der Waals surface area contributed by atoms with E-state index < -0.39 is 0 Å². The molecule has 2 heterocycles. The number of hydrogen-bond donors (Lipinski definition) is 2. The van der Waals surface area contributed by atoms with Crippen molar-refractivity contribution >= 4 is 11.5 Å². The van der Waals surface area contributed by atoms with Crippen molar-refractivity contribution < 1.29 is 0 Å². The lowest BCUT2D eigenvalue weighted by Gasteiger charge is -2.01. The van der Waals surface area contributed by atoms with E-state index in [0.29, 0.717) is 5.69 Å². The quantitative estimate of drug-likeness (QED) is 0.484. The predicted molar refractivity (Wildman–Crippen MR) is 48.7 cm³/mol. The SMILES string of the molecule is Cc1nc(C(=N)N)cn2ccnc12. The number of fused-ring (bicyclic) bond motifs is 1. The standard InChI is InChI=1S/C8H9N5/c1-5-8-11-2-3-13(8)4-6(12-5)7(9)10/h2-4H,1H3,(H3,9,10). The fourth-order valence-electron chi connectivity index (χ4n) is 1.22. The summed E-state index contributed by atoms with van der Waals surface area (Å²) in [5, 5.41) is 7.24. The Hall–Kier alpha value is -1.91. The lowest BCUT2D eigenvalue weighted by molar-refractivity contribution is 1.06. The van der Waals surface area contributed by atoms with E-state index in [4.69, 9.17) is 11.1 Å². The number of imidazole rings is 1. The second-order valence-electron chi connectivity index (χ2n) is 2.78. The second-order valence-corrected chi connectivity index (χ2v) is 2.78. The summed E-state index contributed by atoms with van der Waals surface area (Å²) in [5.41, 5.74) is 7.38. The molecule has 0 aliphatic rings. The smallest absolute Gasteiger partial charge is 0.158 e. The van der Waals surface area contributed by atoms with Crippen molar-refractivity contribution in [3.05, 3.63) is 30.0 Å². The number of aromatic nitrogens is 3. The van der Waals surface area contributed by atoms with E-state index in [1.165, 1.54) is 0 Å². The molecule has 5 heteroatoms. The van der Waals surface area contributed by atoms with Gasteiger partial charge < -0.3 is 10.1 Å². The number of hydrogen-bond acceptors (Lipinski definition) is 3. The maximum atomic E-state index is 7.24. The highest BCUT2D eigenvalue weighted by Crippen LogP contribution is 2.05. The van der Waals surface area contributed by atoms with Gasteiger partial charge in [-0.2, -0.15) is 0 Å². The summed E-state index contributed by atoms with van der Waals surface area (Å²) in [6.45, 7) is 1.84. The van der Waals surface area contributed by atoms with Gasteiger partial charge >= 0.3 is 0 Å². The van der Waals surface area contributed by atoms with Crippen molar-refractivity contribution in [1.82, 2.24) is 14.4 Å². The number of aryl methyl sites for hydroxylation is 1. The molecule has 0 unspecified atom stereocenters. The van der Waals surface area contributed by atoms with Gasteiger partial charge in [-0.25, -0.2) is 9.97 Å². The number of rotatable bonds is 1. The Morgan fingerprint density at radius 2 is 2.38 bits per heavy atom. The fourth-order valence-corrected chi connectivity index (χ4v) is 1.22. The third-order valence-corrected chi connectivity index (χ3v) is 1.82. The van der Waals surface area contributed by atoms with Crippen LogP contribution in [0.3, 0.4) is 0 Å². The first-order chi connectivity index (χ1) is 6.18. The monoisotopic (exact) mass is 175 g/mol. The maximum Gasteiger partial charge on any atom is 0.158 e. The highest BCUT2D eigenvalue weighted by molar-refractivity contribution is 5.93. The molecule has 0 radical (unpaired) electrons. The van der Waals surface area contributed by atoms with E-state index in [0.717, 1.165) is 11.3 Å². The number of nitrogens with two attached hydrogens (primary N) is 1. The molecule has 0 aliphatic carbocycles. The van der Waals surface area contributed by atoms with Gasteiger partial charge in [-0.15, -0.1) is 0 Å². The topological polar surface area (TPSA) is 80.1 Å². The number of nitrogen functional groups attached to an aromatic ring is 1. The van der Waals surface area contributed by atoms with Crippen molar-refractivity contribution in [2.75, 3.05) is 0 Å². The second kappa shape index (κ2) is 2.55. The Balaban J connectivity index is 2.77. The van der Waals surface area contributed by atoms with Crippen LogP contribution in [0.1, 0.15) is 11.4 Å². The van der Waals surface area contributed by atoms with Crippen LogP contribution in [0.4, 0.5) is 0 Å². The highest BCUT2D eigenvalue weighted by Gasteiger charge is 2.04. The van der Waals surface area contributed by atoms with E-state index >= 15 is 0 Å². The largest absolute Gasteiger partial charge is 0.382 e. The van der Waals surface area contributed by atoms with Crippen LogP contribution in [0.15, 0.2) is 18.6 Å². The van der Waals surface area contributed by atoms with E-state index in [1.54, 1.807) is 23.0 Å². The van der Waals surface area contributed by atoms with Crippen molar-refractivity contribution in [3.63, 3.8) is 0 Å². The molecule has 0 spiro atoms. The molecule has 0 saturated carbocycles.